The second-order valence-corrected chi connectivity index (χ2v) is 8.17. The van der Waals surface area contributed by atoms with Gasteiger partial charge in [0, 0.05) is 18.8 Å². The van der Waals surface area contributed by atoms with Crippen LogP contribution in [0.3, 0.4) is 0 Å². The molecule has 1 amide bonds. The Kier molecular flexibility index (Phi) is 4.49. The molecule has 0 unspecified atom stereocenters. The van der Waals surface area contributed by atoms with Gasteiger partial charge in [0.2, 0.25) is 0 Å². The number of nitrogens with one attached hydrogen (secondary N) is 1. The Morgan fingerprint density at radius 3 is 2.54 bits per heavy atom. The van der Waals surface area contributed by atoms with Crippen LogP contribution in [-0.4, -0.2) is 37.5 Å². The largest absolute Gasteiger partial charge is 0.355 e. The third-order valence-corrected chi connectivity index (χ3v) is 5.99. The van der Waals surface area contributed by atoms with E-state index in [1.807, 2.05) is 6.07 Å². The Balaban J connectivity index is 1.67. The van der Waals surface area contributed by atoms with E-state index in [-0.39, 0.29) is 16.5 Å². The highest BCUT2D eigenvalue weighted by Crippen LogP contribution is 2.26. The van der Waals surface area contributed by atoms with Crippen LogP contribution in [0, 0.1) is 11.3 Å². The van der Waals surface area contributed by atoms with E-state index in [9.17, 15) is 13.2 Å². The molecule has 142 valence electrons. The second kappa shape index (κ2) is 6.98. The molecule has 9 heteroatoms. The van der Waals surface area contributed by atoms with Gasteiger partial charge < -0.3 is 9.42 Å². The van der Waals surface area contributed by atoms with Crippen LogP contribution in [0.25, 0.3) is 11.0 Å². The molecule has 1 N–H and O–H groups in total. The third-order valence-electron chi connectivity index (χ3n) is 4.61. The Morgan fingerprint density at radius 2 is 1.86 bits per heavy atom. The number of carbonyl (C=O) groups excluding carboxylic acids is 1. The number of fused-ring (bicyclic) bond motifs is 1. The average molecular weight is 396 g/mol. The highest BCUT2D eigenvalue weighted by Gasteiger charge is 2.26. The van der Waals surface area contributed by atoms with Crippen molar-refractivity contribution >= 4 is 32.6 Å². The SMILES string of the molecule is N#Cc1ccc(NS(=O)(=O)c2ccc3onc(C(=O)N4CCCC4)c3c2)cc1. The summed E-state index contributed by atoms with van der Waals surface area (Å²) >= 11 is 0. The van der Waals surface area contributed by atoms with Crippen LogP contribution in [-0.2, 0) is 10.0 Å². The van der Waals surface area contributed by atoms with Crippen molar-refractivity contribution in [2.24, 2.45) is 0 Å². The van der Waals surface area contributed by atoms with Crippen molar-refractivity contribution in [2.45, 2.75) is 17.7 Å². The van der Waals surface area contributed by atoms with Gasteiger partial charge in [0.1, 0.15) is 0 Å². The summed E-state index contributed by atoms with van der Waals surface area (Å²) < 4.78 is 33.1. The Hall–Kier alpha value is -3.38. The van der Waals surface area contributed by atoms with Crippen LogP contribution in [0.15, 0.2) is 51.9 Å². The van der Waals surface area contributed by atoms with Gasteiger partial charge in [0.05, 0.1) is 21.9 Å². The smallest absolute Gasteiger partial charge is 0.276 e. The quantitative estimate of drug-likeness (QED) is 0.725. The van der Waals surface area contributed by atoms with Crippen LogP contribution >= 0.6 is 0 Å². The average Bonchev–Trinajstić information content (AvgIpc) is 3.37. The molecule has 28 heavy (non-hydrogen) atoms. The minimum absolute atomic E-state index is 0.0111. The molecule has 0 atom stereocenters. The standard InChI is InChI=1S/C19H16N4O4S/c20-12-13-3-5-14(6-4-13)22-28(25,26)15-7-8-17-16(11-15)18(21-27-17)19(24)23-9-1-2-10-23/h3-8,11,22H,1-2,9-10H2. The Labute approximate surface area is 161 Å². The van der Waals surface area contributed by atoms with Gasteiger partial charge >= 0.3 is 0 Å². The number of hydrogen-bond donors (Lipinski definition) is 1. The van der Waals surface area contributed by atoms with Crippen LogP contribution in [0.5, 0.6) is 0 Å². The third kappa shape index (κ3) is 3.30. The van der Waals surface area contributed by atoms with Crippen molar-refractivity contribution in [1.29, 1.82) is 5.26 Å². The maximum Gasteiger partial charge on any atom is 0.276 e. The first-order valence-corrected chi connectivity index (χ1v) is 10.2. The molecule has 1 aromatic heterocycles. The molecule has 4 rings (SSSR count). The normalized spacial score (nSPS) is 14.2. The fraction of sp³-hybridized carbons (Fsp3) is 0.211. The van der Waals surface area contributed by atoms with Crippen molar-refractivity contribution < 1.29 is 17.7 Å². The number of hydrogen-bond acceptors (Lipinski definition) is 6. The van der Waals surface area contributed by atoms with Gasteiger partial charge in [-0.2, -0.15) is 5.26 Å². The first-order chi connectivity index (χ1) is 13.5. The minimum atomic E-state index is -3.89. The zero-order chi connectivity index (χ0) is 19.7. The van der Waals surface area contributed by atoms with Crippen LogP contribution in [0.1, 0.15) is 28.9 Å². The van der Waals surface area contributed by atoms with E-state index in [1.165, 1.54) is 42.5 Å². The van der Waals surface area contributed by atoms with Gasteiger partial charge in [0.15, 0.2) is 11.3 Å². The van der Waals surface area contributed by atoms with Crippen LogP contribution in [0.2, 0.25) is 0 Å². The molecule has 2 aromatic carbocycles. The van der Waals surface area contributed by atoms with Crippen LogP contribution in [0.4, 0.5) is 5.69 Å². The van der Waals surface area contributed by atoms with E-state index in [0.29, 0.717) is 35.3 Å². The van der Waals surface area contributed by atoms with E-state index in [1.54, 1.807) is 4.90 Å². The van der Waals surface area contributed by atoms with E-state index < -0.39 is 10.0 Å². The van der Waals surface area contributed by atoms with Gasteiger partial charge in [-0.3, -0.25) is 9.52 Å². The summed E-state index contributed by atoms with van der Waals surface area (Å²) in [5.41, 5.74) is 1.23. The summed E-state index contributed by atoms with van der Waals surface area (Å²) in [6.07, 6.45) is 1.88. The molecule has 1 fully saturated rings. The van der Waals surface area contributed by atoms with Crippen molar-refractivity contribution in [3.8, 4) is 6.07 Å². The van der Waals surface area contributed by atoms with Crippen molar-refractivity contribution in [2.75, 3.05) is 17.8 Å². The van der Waals surface area contributed by atoms with Crippen molar-refractivity contribution in [1.82, 2.24) is 10.1 Å². The highest BCUT2D eigenvalue weighted by molar-refractivity contribution is 7.92. The maximum atomic E-state index is 12.7. The number of amides is 1. The first-order valence-electron chi connectivity index (χ1n) is 8.70. The van der Waals surface area contributed by atoms with Crippen molar-refractivity contribution in [3.63, 3.8) is 0 Å². The number of anilines is 1. The topological polar surface area (TPSA) is 116 Å². The number of benzene rings is 2. The van der Waals surface area contributed by atoms with Crippen molar-refractivity contribution in [3.05, 3.63) is 53.7 Å². The van der Waals surface area contributed by atoms with Gasteiger partial charge in [0.25, 0.3) is 15.9 Å². The maximum absolute atomic E-state index is 12.7. The molecule has 0 bridgehead atoms. The molecule has 2 heterocycles. The number of carbonyl (C=O) groups is 1. The summed E-state index contributed by atoms with van der Waals surface area (Å²) in [4.78, 5) is 14.3. The Bertz CT molecular complexity index is 1190. The summed E-state index contributed by atoms with van der Waals surface area (Å²) in [5.74, 6) is -0.258. The molecule has 0 saturated carbocycles. The lowest BCUT2D eigenvalue weighted by atomic mass is 10.2. The lowest BCUT2D eigenvalue weighted by molar-refractivity contribution is 0.0784. The molecule has 1 aliphatic heterocycles. The number of likely N-dealkylation sites (tertiary alicyclic amines) is 1. The number of rotatable bonds is 4. The predicted molar refractivity (Wildman–Crippen MR) is 101 cm³/mol. The lowest BCUT2D eigenvalue weighted by Crippen LogP contribution is -2.28. The van der Waals surface area contributed by atoms with Gasteiger partial charge in [-0.1, -0.05) is 5.16 Å². The van der Waals surface area contributed by atoms with Gasteiger partial charge in [-0.15, -0.1) is 0 Å². The highest BCUT2D eigenvalue weighted by atomic mass is 32.2. The molecule has 0 radical (unpaired) electrons. The predicted octanol–water partition coefficient (Wildman–Crippen LogP) is 2.74. The Morgan fingerprint density at radius 1 is 1.14 bits per heavy atom. The molecule has 3 aromatic rings. The molecular formula is C19H16N4O4S. The molecule has 1 aliphatic rings. The van der Waals surface area contributed by atoms with Gasteiger partial charge in [-0.25, -0.2) is 8.42 Å². The zero-order valence-corrected chi connectivity index (χ0v) is 15.6. The monoisotopic (exact) mass is 396 g/mol. The molecule has 0 spiro atoms. The number of aromatic nitrogens is 1. The van der Waals surface area contributed by atoms with E-state index >= 15 is 0 Å². The lowest BCUT2D eigenvalue weighted by Gasteiger charge is -2.13. The molecular weight excluding hydrogens is 380 g/mol. The fourth-order valence-electron chi connectivity index (χ4n) is 3.14. The minimum Gasteiger partial charge on any atom is -0.355 e. The summed E-state index contributed by atoms with van der Waals surface area (Å²) in [6, 6.07) is 12.3. The number of sulfonamides is 1. The molecule has 0 aliphatic carbocycles. The second-order valence-electron chi connectivity index (χ2n) is 6.48. The summed E-state index contributed by atoms with van der Waals surface area (Å²) in [5, 5.41) is 13.0. The van der Waals surface area contributed by atoms with E-state index in [2.05, 4.69) is 9.88 Å². The number of nitrogens with zero attached hydrogens (tertiary/aromatic N) is 3. The molecule has 1 saturated heterocycles. The first kappa shape index (κ1) is 18.0. The summed E-state index contributed by atoms with van der Waals surface area (Å²) in [6.45, 7) is 1.32. The number of nitriles is 1. The fourth-order valence-corrected chi connectivity index (χ4v) is 4.22. The summed E-state index contributed by atoms with van der Waals surface area (Å²) in [7, 11) is -3.89. The zero-order valence-electron chi connectivity index (χ0n) is 14.8. The van der Waals surface area contributed by atoms with E-state index in [0.717, 1.165) is 12.8 Å². The molecule has 8 nitrogen and oxygen atoms in total. The van der Waals surface area contributed by atoms with Gasteiger partial charge in [-0.05, 0) is 55.3 Å². The van der Waals surface area contributed by atoms with Crippen LogP contribution < -0.4 is 4.72 Å². The van der Waals surface area contributed by atoms with E-state index in [4.69, 9.17) is 9.78 Å².